The van der Waals surface area contributed by atoms with Crippen LogP contribution in [0.25, 0.3) is 0 Å². The molecule has 0 aliphatic heterocycles. The predicted molar refractivity (Wildman–Crippen MR) is 91.2 cm³/mol. The Bertz CT molecular complexity index is 867. The molecule has 1 amide bonds. The van der Waals surface area contributed by atoms with Gasteiger partial charge in [-0.2, -0.15) is 0 Å². The van der Waals surface area contributed by atoms with E-state index in [0.717, 1.165) is 6.07 Å². The molecule has 2 aromatic carbocycles. The minimum atomic E-state index is -3.65. The molecule has 0 fully saturated rings. The highest BCUT2D eigenvalue weighted by atomic mass is 35.5. The van der Waals surface area contributed by atoms with Crippen LogP contribution in [-0.4, -0.2) is 20.9 Å². The molecule has 0 bridgehead atoms. The highest BCUT2D eigenvalue weighted by molar-refractivity contribution is 7.89. The SMILES string of the molecule is C=CCNS(=O)(=O)c1ccc(C(=O)Nc2ccc(F)c(Cl)c2)cc1. The molecule has 24 heavy (non-hydrogen) atoms. The number of carbonyl (C=O) groups excluding carboxylic acids is 1. The summed E-state index contributed by atoms with van der Waals surface area (Å²) in [6, 6.07) is 9.19. The maximum atomic E-state index is 13.1. The first-order valence-corrected chi connectivity index (χ1v) is 8.66. The molecule has 0 aliphatic carbocycles. The van der Waals surface area contributed by atoms with E-state index in [1.807, 2.05) is 0 Å². The summed E-state index contributed by atoms with van der Waals surface area (Å²) in [5.74, 6) is -1.06. The topological polar surface area (TPSA) is 75.3 Å². The van der Waals surface area contributed by atoms with Crippen molar-refractivity contribution in [1.29, 1.82) is 0 Å². The van der Waals surface area contributed by atoms with Crippen LogP contribution in [0.2, 0.25) is 5.02 Å². The van der Waals surface area contributed by atoms with Gasteiger partial charge in [-0.3, -0.25) is 4.79 Å². The Morgan fingerprint density at radius 1 is 1.21 bits per heavy atom. The van der Waals surface area contributed by atoms with Gasteiger partial charge >= 0.3 is 0 Å². The molecular formula is C16H14ClFN2O3S. The zero-order valence-electron chi connectivity index (χ0n) is 12.4. The lowest BCUT2D eigenvalue weighted by molar-refractivity contribution is 0.102. The second kappa shape index (κ2) is 7.57. The monoisotopic (exact) mass is 368 g/mol. The fraction of sp³-hybridized carbons (Fsp3) is 0.0625. The van der Waals surface area contributed by atoms with E-state index in [2.05, 4.69) is 16.6 Å². The van der Waals surface area contributed by atoms with Gasteiger partial charge in [-0.05, 0) is 42.5 Å². The van der Waals surface area contributed by atoms with Crippen molar-refractivity contribution in [3.63, 3.8) is 0 Å². The van der Waals surface area contributed by atoms with Crippen molar-refractivity contribution >= 4 is 33.2 Å². The van der Waals surface area contributed by atoms with Crippen molar-refractivity contribution in [2.24, 2.45) is 0 Å². The van der Waals surface area contributed by atoms with Crippen LogP contribution in [0, 0.1) is 5.82 Å². The summed E-state index contributed by atoms with van der Waals surface area (Å²) in [6.45, 7) is 3.54. The van der Waals surface area contributed by atoms with Crippen molar-refractivity contribution in [1.82, 2.24) is 4.72 Å². The second-order valence-corrected chi connectivity index (χ2v) is 6.92. The quantitative estimate of drug-likeness (QED) is 0.769. The zero-order valence-corrected chi connectivity index (χ0v) is 14.0. The molecule has 0 saturated heterocycles. The minimum Gasteiger partial charge on any atom is -0.322 e. The average molecular weight is 369 g/mol. The number of nitrogens with one attached hydrogen (secondary N) is 2. The van der Waals surface area contributed by atoms with Crippen LogP contribution >= 0.6 is 11.6 Å². The van der Waals surface area contributed by atoms with Crippen LogP contribution in [0.4, 0.5) is 10.1 Å². The van der Waals surface area contributed by atoms with Crippen molar-refractivity contribution in [3.8, 4) is 0 Å². The van der Waals surface area contributed by atoms with Crippen LogP contribution in [-0.2, 0) is 10.0 Å². The lowest BCUT2D eigenvalue weighted by Crippen LogP contribution is -2.23. The van der Waals surface area contributed by atoms with E-state index in [0.29, 0.717) is 5.69 Å². The Morgan fingerprint density at radius 3 is 2.46 bits per heavy atom. The molecule has 2 rings (SSSR count). The van der Waals surface area contributed by atoms with E-state index in [1.165, 1.54) is 42.5 Å². The normalized spacial score (nSPS) is 11.1. The Labute approximate surface area is 144 Å². The predicted octanol–water partition coefficient (Wildman–Crippen LogP) is 3.20. The molecule has 0 aliphatic rings. The number of halogens is 2. The molecule has 2 aromatic rings. The van der Waals surface area contributed by atoms with E-state index < -0.39 is 21.7 Å². The van der Waals surface area contributed by atoms with E-state index >= 15 is 0 Å². The third kappa shape index (κ3) is 4.41. The molecule has 0 radical (unpaired) electrons. The maximum absolute atomic E-state index is 13.1. The highest BCUT2D eigenvalue weighted by Crippen LogP contribution is 2.20. The summed E-state index contributed by atoms with van der Waals surface area (Å²) in [7, 11) is -3.65. The molecule has 8 heteroatoms. The Balaban J connectivity index is 2.13. The van der Waals surface area contributed by atoms with Gasteiger partial charge in [0.1, 0.15) is 5.82 Å². The molecular weight excluding hydrogens is 355 g/mol. The van der Waals surface area contributed by atoms with Gasteiger partial charge in [0.15, 0.2) is 0 Å². The Kier molecular flexibility index (Phi) is 5.71. The largest absolute Gasteiger partial charge is 0.322 e. The van der Waals surface area contributed by atoms with Gasteiger partial charge in [0, 0.05) is 17.8 Å². The number of amides is 1. The standard InChI is InChI=1S/C16H14ClFN2O3S/c1-2-9-19-24(22,23)13-6-3-11(4-7-13)16(21)20-12-5-8-15(18)14(17)10-12/h2-8,10,19H,1,9H2,(H,20,21). The summed E-state index contributed by atoms with van der Waals surface area (Å²) in [6.07, 6.45) is 1.42. The van der Waals surface area contributed by atoms with E-state index in [4.69, 9.17) is 11.6 Å². The summed E-state index contributed by atoms with van der Waals surface area (Å²) in [5.41, 5.74) is 0.578. The lowest BCUT2D eigenvalue weighted by atomic mass is 10.2. The third-order valence-electron chi connectivity index (χ3n) is 3.02. The van der Waals surface area contributed by atoms with E-state index in [9.17, 15) is 17.6 Å². The number of anilines is 1. The van der Waals surface area contributed by atoms with Crippen molar-refractivity contribution < 1.29 is 17.6 Å². The van der Waals surface area contributed by atoms with Crippen molar-refractivity contribution in [2.75, 3.05) is 11.9 Å². The Morgan fingerprint density at radius 2 is 1.88 bits per heavy atom. The van der Waals surface area contributed by atoms with Gasteiger partial charge in [-0.15, -0.1) is 6.58 Å². The molecule has 0 unspecified atom stereocenters. The van der Waals surface area contributed by atoms with Gasteiger partial charge in [-0.25, -0.2) is 17.5 Å². The molecule has 5 nitrogen and oxygen atoms in total. The lowest BCUT2D eigenvalue weighted by Gasteiger charge is -2.08. The third-order valence-corrected chi connectivity index (χ3v) is 4.75. The maximum Gasteiger partial charge on any atom is 0.255 e. The first-order valence-electron chi connectivity index (χ1n) is 6.80. The van der Waals surface area contributed by atoms with Gasteiger partial charge in [0.25, 0.3) is 5.91 Å². The zero-order chi connectivity index (χ0) is 17.7. The van der Waals surface area contributed by atoms with Gasteiger partial charge in [0.05, 0.1) is 9.92 Å². The van der Waals surface area contributed by atoms with Gasteiger partial charge in [0.2, 0.25) is 10.0 Å². The summed E-state index contributed by atoms with van der Waals surface area (Å²) in [4.78, 5) is 12.2. The summed E-state index contributed by atoms with van der Waals surface area (Å²) < 4.78 is 39.3. The smallest absolute Gasteiger partial charge is 0.255 e. The highest BCUT2D eigenvalue weighted by Gasteiger charge is 2.14. The van der Waals surface area contributed by atoms with Crippen LogP contribution in [0.1, 0.15) is 10.4 Å². The average Bonchev–Trinajstić information content (AvgIpc) is 2.56. The van der Waals surface area contributed by atoms with Crippen LogP contribution < -0.4 is 10.0 Å². The second-order valence-electron chi connectivity index (χ2n) is 4.75. The molecule has 0 spiro atoms. The first-order chi connectivity index (χ1) is 11.3. The fourth-order valence-corrected chi connectivity index (χ4v) is 2.99. The summed E-state index contributed by atoms with van der Waals surface area (Å²) >= 11 is 5.65. The first kappa shape index (κ1) is 18.1. The van der Waals surface area contributed by atoms with Crippen LogP contribution in [0.5, 0.6) is 0 Å². The number of hydrogen-bond acceptors (Lipinski definition) is 3. The van der Waals surface area contributed by atoms with Gasteiger partial charge in [-0.1, -0.05) is 17.7 Å². The van der Waals surface area contributed by atoms with Crippen molar-refractivity contribution in [2.45, 2.75) is 4.90 Å². The molecule has 126 valence electrons. The van der Waals surface area contributed by atoms with E-state index in [1.54, 1.807) is 0 Å². The minimum absolute atomic E-state index is 0.0331. The fourth-order valence-electron chi connectivity index (χ4n) is 1.81. The van der Waals surface area contributed by atoms with E-state index in [-0.39, 0.29) is 22.0 Å². The Hall–Kier alpha value is -2.22. The van der Waals surface area contributed by atoms with Gasteiger partial charge < -0.3 is 5.32 Å². The molecule has 0 aromatic heterocycles. The van der Waals surface area contributed by atoms with Crippen LogP contribution in [0.3, 0.4) is 0 Å². The molecule has 2 N–H and O–H groups in total. The number of benzene rings is 2. The summed E-state index contributed by atoms with van der Waals surface area (Å²) in [5, 5.41) is 2.44. The number of rotatable bonds is 6. The van der Waals surface area contributed by atoms with Crippen LogP contribution in [0.15, 0.2) is 60.0 Å². The van der Waals surface area contributed by atoms with Crippen molar-refractivity contribution in [3.05, 3.63) is 71.5 Å². The number of hydrogen-bond donors (Lipinski definition) is 2. The molecule has 0 heterocycles. The molecule has 0 atom stereocenters. The number of sulfonamides is 1. The molecule has 0 saturated carbocycles. The number of carbonyl (C=O) groups is 1.